The van der Waals surface area contributed by atoms with Crippen LogP contribution in [0.15, 0.2) is 27.6 Å². The van der Waals surface area contributed by atoms with Crippen molar-refractivity contribution < 1.29 is 9.53 Å². The van der Waals surface area contributed by atoms with Gasteiger partial charge in [0.1, 0.15) is 0 Å². The van der Waals surface area contributed by atoms with Gasteiger partial charge in [-0.1, -0.05) is 15.9 Å². The number of hydrogen-bond donors (Lipinski definition) is 1. The van der Waals surface area contributed by atoms with Gasteiger partial charge in [0.15, 0.2) is 0 Å². The predicted molar refractivity (Wildman–Crippen MR) is 79.1 cm³/mol. The number of methoxy groups -OCH3 is 1. The van der Waals surface area contributed by atoms with Crippen molar-refractivity contribution in [2.75, 3.05) is 26.0 Å². The van der Waals surface area contributed by atoms with Gasteiger partial charge in [-0.05, 0) is 37.1 Å². The number of aryl methyl sites for hydroxylation is 1. The zero-order valence-corrected chi connectivity index (χ0v) is 13.1. The molecule has 1 aromatic carbocycles. The van der Waals surface area contributed by atoms with E-state index in [1.165, 1.54) is 5.56 Å². The van der Waals surface area contributed by atoms with E-state index in [0.717, 1.165) is 15.8 Å². The molecule has 0 aliphatic rings. The molecule has 0 atom stereocenters. The molecule has 0 saturated carbocycles. The van der Waals surface area contributed by atoms with Gasteiger partial charge in [-0.2, -0.15) is 0 Å². The first-order chi connectivity index (χ1) is 8.63. The molecule has 0 saturated heterocycles. The first-order valence-corrected chi connectivity index (χ1v) is 7.56. The smallest absolute Gasteiger partial charge is 0.230 e. The first kappa shape index (κ1) is 15.5. The minimum absolute atomic E-state index is 0.0680. The Morgan fingerprint density at radius 1 is 1.50 bits per heavy atom. The van der Waals surface area contributed by atoms with E-state index in [1.807, 2.05) is 19.1 Å². The van der Waals surface area contributed by atoms with Gasteiger partial charge in [-0.15, -0.1) is 11.8 Å². The molecule has 1 N–H and O–H groups in total. The molecule has 0 heterocycles. The fourth-order valence-electron chi connectivity index (χ4n) is 1.41. The maximum absolute atomic E-state index is 11.6. The molecule has 1 amide bonds. The second kappa shape index (κ2) is 8.56. The SMILES string of the molecule is COCCCNC(=O)CSc1ccc(Br)cc1C. The Morgan fingerprint density at radius 3 is 2.94 bits per heavy atom. The fourth-order valence-corrected chi connectivity index (χ4v) is 2.73. The number of ether oxygens (including phenoxy) is 1. The van der Waals surface area contributed by atoms with Crippen molar-refractivity contribution in [3.63, 3.8) is 0 Å². The molecule has 1 aromatic rings. The second-order valence-corrected chi connectivity index (χ2v) is 5.83. The molecule has 0 aromatic heterocycles. The number of nitrogens with one attached hydrogen (secondary N) is 1. The molecule has 1 rings (SSSR count). The molecule has 5 heteroatoms. The van der Waals surface area contributed by atoms with Gasteiger partial charge in [0.25, 0.3) is 0 Å². The van der Waals surface area contributed by atoms with Crippen LogP contribution in [0.2, 0.25) is 0 Å². The van der Waals surface area contributed by atoms with E-state index in [2.05, 4.69) is 27.3 Å². The van der Waals surface area contributed by atoms with Crippen LogP contribution >= 0.6 is 27.7 Å². The molecule has 100 valence electrons. The van der Waals surface area contributed by atoms with E-state index in [9.17, 15) is 4.79 Å². The second-order valence-electron chi connectivity index (χ2n) is 3.89. The Kier molecular flexibility index (Phi) is 7.39. The van der Waals surface area contributed by atoms with Crippen LogP contribution in [-0.2, 0) is 9.53 Å². The van der Waals surface area contributed by atoms with E-state index in [0.29, 0.717) is 18.9 Å². The van der Waals surface area contributed by atoms with E-state index >= 15 is 0 Å². The summed E-state index contributed by atoms with van der Waals surface area (Å²) >= 11 is 4.99. The summed E-state index contributed by atoms with van der Waals surface area (Å²) in [5, 5.41) is 2.87. The Hall–Kier alpha value is -0.520. The van der Waals surface area contributed by atoms with Crippen molar-refractivity contribution in [3.05, 3.63) is 28.2 Å². The maximum atomic E-state index is 11.6. The van der Waals surface area contributed by atoms with Crippen LogP contribution in [-0.4, -0.2) is 31.9 Å². The summed E-state index contributed by atoms with van der Waals surface area (Å²) in [4.78, 5) is 12.7. The summed E-state index contributed by atoms with van der Waals surface area (Å²) in [6, 6.07) is 6.08. The number of halogens is 1. The molecular formula is C13H18BrNO2S. The summed E-state index contributed by atoms with van der Waals surface area (Å²) in [5.74, 6) is 0.522. The molecule has 0 unspecified atom stereocenters. The number of carbonyl (C=O) groups excluding carboxylic acids is 1. The molecular weight excluding hydrogens is 314 g/mol. The van der Waals surface area contributed by atoms with Gasteiger partial charge >= 0.3 is 0 Å². The number of carbonyl (C=O) groups is 1. The number of benzene rings is 1. The first-order valence-electron chi connectivity index (χ1n) is 5.78. The number of amides is 1. The van der Waals surface area contributed by atoms with Crippen molar-refractivity contribution in [2.24, 2.45) is 0 Å². The quantitative estimate of drug-likeness (QED) is 0.616. The lowest BCUT2D eigenvalue weighted by Crippen LogP contribution is -2.26. The van der Waals surface area contributed by atoms with Crippen molar-refractivity contribution >= 4 is 33.6 Å². The van der Waals surface area contributed by atoms with Crippen LogP contribution in [0.4, 0.5) is 0 Å². The van der Waals surface area contributed by atoms with Crippen LogP contribution < -0.4 is 5.32 Å². The third-order valence-corrected chi connectivity index (χ3v) is 4.01. The molecule has 0 aliphatic carbocycles. The number of hydrogen-bond acceptors (Lipinski definition) is 3. The van der Waals surface area contributed by atoms with Crippen LogP contribution in [0.5, 0.6) is 0 Å². The molecule has 0 aliphatic heterocycles. The minimum atomic E-state index is 0.0680. The highest BCUT2D eigenvalue weighted by Gasteiger charge is 2.04. The van der Waals surface area contributed by atoms with Crippen LogP contribution in [0.25, 0.3) is 0 Å². The average molecular weight is 332 g/mol. The molecule has 0 bridgehead atoms. The standard InChI is InChI=1S/C13H18BrNO2S/c1-10-8-11(14)4-5-12(10)18-9-13(16)15-6-3-7-17-2/h4-5,8H,3,6-7,9H2,1-2H3,(H,15,16). The average Bonchev–Trinajstić information content (AvgIpc) is 2.33. The third kappa shape index (κ3) is 5.89. The lowest BCUT2D eigenvalue weighted by atomic mass is 10.2. The maximum Gasteiger partial charge on any atom is 0.230 e. The zero-order chi connectivity index (χ0) is 13.4. The van der Waals surface area contributed by atoms with Gasteiger partial charge in [0.05, 0.1) is 5.75 Å². The zero-order valence-electron chi connectivity index (χ0n) is 10.7. The Labute approximate surface area is 121 Å². The van der Waals surface area contributed by atoms with Gasteiger partial charge < -0.3 is 10.1 Å². The molecule has 18 heavy (non-hydrogen) atoms. The highest BCUT2D eigenvalue weighted by Crippen LogP contribution is 2.24. The van der Waals surface area contributed by atoms with Crippen molar-refractivity contribution in [1.29, 1.82) is 0 Å². The molecule has 0 spiro atoms. The lowest BCUT2D eigenvalue weighted by Gasteiger charge is -2.07. The van der Waals surface area contributed by atoms with E-state index in [1.54, 1.807) is 18.9 Å². The third-order valence-electron chi connectivity index (χ3n) is 2.34. The topological polar surface area (TPSA) is 38.3 Å². The summed E-state index contributed by atoms with van der Waals surface area (Å²) in [6.45, 7) is 3.40. The van der Waals surface area contributed by atoms with Gasteiger partial charge in [-0.3, -0.25) is 4.79 Å². The Morgan fingerprint density at radius 2 is 2.28 bits per heavy atom. The molecule has 0 fully saturated rings. The number of thioether (sulfide) groups is 1. The largest absolute Gasteiger partial charge is 0.385 e. The Balaban J connectivity index is 2.29. The summed E-state index contributed by atoms with van der Waals surface area (Å²) in [7, 11) is 1.66. The predicted octanol–water partition coefficient (Wildman–Crippen LogP) is 3.00. The van der Waals surface area contributed by atoms with Crippen molar-refractivity contribution in [1.82, 2.24) is 5.32 Å². The molecule has 3 nitrogen and oxygen atoms in total. The van der Waals surface area contributed by atoms with E-state index in [4.69, 9.17) is 4.74 Å². The monoisotopic (exact) mass is 331 g/mol. The summed E-state index contributed by atoms with van der Waals surface area (Å²) in [6.07, 6.45) is 0.851. The van der Waals surface area contributed by atoms with Crippen molar-refractivity contribution in [2.45, 2.75) is 18.2 Å². The minimum Gasteiger partial charge on any atom is -0.385 e. The normalized spacial score (nSPS) is 10.4. The van der Waals surface area contributed by atoms with Crippen molar-refractivity contribution in [3.8, 4) is 0 Å². The summed E-state index contributed by atoms with van der Waals surface area (Å²) in [5.41, 5.74) is 1.18. The van der Waals surface area contributed by atoms with Crippen LogP contribution in [0.1, 0.15) is 12.0 Å². The highest BCUT2D eigenvalue weighted by molar-refractivity contribution is 9.10. The van der Waals surface area contributed by atoms with Gasteiger partial charge in [-0.25, -0.2) is 0 Å². The lowest BCUT2D eigenvalue weighted by molar-refractivity contribution is -0.118. The van der Waals surface area contributed by atoms with Gasteiger partial charge in [0, 0.05) is 29.6 Å². The van der Waals surface area contributed by atoms with Crippen LogP contribution in [0, 0.1) is 6.92 Å². The van der Waals surface area contributed by atoms with E-state index in [-0.39, 0.29) is 5.91 Å². The van der Waals surface area contributed by atoms with E-state index < -0.39 is 0 Å². The Bertz CT molecular complexity index is 399. The van der Waals surface area contributed by atoms with Gasteiger partial charge in [0.2, 0.25) is 5.91 Å². The van der Waals surface area contributed by atoms with Crippen LogP contribution in [0.3, 0.4) is 0 Å². The molecule has 0 radical (unpaired) electrons. The summed E-state index contributed by atoms with van der Waals surface area (Å²) < 4.78 is 5.98. The highest BCUT2D eigenvalue weighted by atomic mass is 79.9. The number of rotatable bonds is 7. The fraction of sp³-hybridized carbons (Fsp3) is 0.462.